The Morgan fingerprint density at radius 1 is 0.947 bits per heavy atom. The minimum atomic E-state index is -0.0505. The molecule has 1 aliphatic rings. The normalized spacial score (nSPS) is 16.1. The first-order valence-electron chi connectivity index (χ1n) is 6.30. The molecule has 0 aliphatic carbocycles. The molecule has 0 spiro atoms. The highest BCUT2D eigenvalue weighted by molar-refractivity contribution is 5.70. The molecule has 0 radical (unpaired) electrons. The average Bonchev–Trinajstić information content (AvgIpc) is 2.95. The fourth-order valence-corrected chi connectivity index (χ4v) is 2.89. The van der Waals surface area contributed by atoms with Gasteiger partial charge in [-0.25, -0.2) is 0 Å². The number of nitrogens with one attached hydrogen (secondary N) is 1. The van der Waals surface area contributed by atoms with E-state index < -0.39 is 0 Å². The second-order valence-electron chi connectivity index (χ2n) is 4.78. The summed E-state index contributed by atoms with van der Waals surface area (Å²) in [7, 11) is 0. The van der Waals surface area contributed by atoms with Gasteiger partial charge in [0.15, 0.2) is 0 Å². The van der Waals surface area contributed by atoms with Crippen molar-refractivity contribution in [3.05, 3.63) is 82.1 Å². The first-order valence-corrected chi connectivity index (χ1v) is 6.30. The van der Waals surface area contributed by atoms with Crippen molar-refractivity contribution < 1.29 is 0 Å². The van der Waals surface area contributed by atoms with E-state index in [0.29, 0.717) is 0 Å². The molecule has 2 heterocycles. The molecule has 19 heavy (non-hydrogen) atoms. The van der Waals surface area contributed by atoms with Crippen LogP contribution in [0.1, 0.15) is 17.2 Å². The highest BCUT2D eigenvalue weighted by atomic mass is 16.1. The topological polar surface area (TPSA) is 37.8 Å². The van der Waals surface area contributed by atoms with Gasteiger partial charge in [-0.15, -0.1) is 0 Å². The maximum atomic E-state index is 11.6. The Kier molecular flexibility index (Phi) is 2.03. The molecule has 3 heteroatoms. The van der Waals surface area contributed by atoms with E-state index in [2.05, 4.69) is 29.4 Å². The lowest BCUT2D eigenvalue weighted by Gasteiger charge is -2.14. The van der Waals surface area contributed by atoms with E-state index in [-0.39, 0.29) is 11.6 Å². The lowest BCUT2D eigenvalue weighted by atomic mass is 9.97. The Labute approximate surface area is 110 Å². The van der Waals surface area contributed by atoms with Crippen molar-refractivity contribution in [2.24, 2.45) is 0 Å². The van der Waals surface area contributed by atoms with Gasteiger partial charge < -0.3 is 0 Å². The monoisotopic (exact) mass is 248 g/mol. The van der Waals surface area contributed by atoms with Crippen molar-refractivity contribution in [2.45, 2.75) is 6.04 Å². The minimum Gasteiger partial charge on any atom is -0.272 e. The predicted octanol–water partition coefficient (Wildman–Crippen LogP) is 2.79. The number of rotatable bonds is 1. The second-order valence-corrected chi connectivity index (χ2v) is 4.78. The van der Waals surface area contributed by atoms with Crippen molar-refractivity contribution in [3.63, 3.8) is 0 Å². The van der Waals surface area contributed by atoms with Gasteiger partial charge in [-0.05, 0) is 11.1 Å². The standard InChI is InChI=1S/C16H12N2O/c19-15-10-14-12-8-4-5-9-13(12)16(18(14)17-15)11-6-2-1-3-7-11/h1-10,16H,(H,17,19)/t16-/m1/s1. The van der Waals surface area contributed by atoms with Crippen LogP contribution in [0.15, 0.2) is 65.5 Å². The fraction of sp³-hybridized carbons (Fsp3) is 0.0625. The third kappa shape index (κ3) is 1.41. The van der Waals surface area contributed by atoms with Crippen molar-refractivity contribution in [1.82, 2.24) is 9.78 Å². The quantitative estimate of drug-likeness (QED) is 0.552. The third-order valence-electron chi connectivity index (χ3n) is 3.66. The Hall–Kier alpha value is -2.55. The lowest BCUT2D eigenvalue weighted by Crippen LogP contribution is -2.12. The number of hydrogen-bond acceptors (Lipinski definition) is 1. The number of H-pyrrole nitrogens is 1. The molecule has 0 fully saturated rings. The molecule has 1 aliphatic heterocycles. The van der Waals surface area contributed by atoms with E-state index in [1.165, 1.54) is 11.1 Å². The Balaban J connectivity index is 2.03. The van der Waals surface area contributed by atoms with Crippen LogP contribution in [-0.2, 0) is 0 Å². The molecule has 1 aromatic heterocycles. The fourth-order valence-electron chi connectivity index (χ4n) is 2.89. The van der Waals surface area contributed by atoms with E-state index in [1.807, 2.05) is 35.0 Å². The van der Waals surface area contributed by atoms with Gasteiger partial charge in [0.05, 0.1) is 5.69 Å². The molecule has 0 saturated carbocycles. The smallest absolute Gasteiger partial charge is 0.264 e. The maximum Gasteiger partial charge on any atom is 0.264 e. The molecule has 0 unspecified atom stereocenters. The van der Waals surface area contributed by atoms with Crippen LogP contribution in [0.25, 0.3) is 11.3 Å². The summed E-state index contributed by atoms with van der Waals surface area (Å²) in [5, 5.41) is 2.91. The molecule has 4 rings (SSSR count). The first-order chi connectivity index (χ1) is 9.34. The molecule has 3 aromatic rings. The molecular formula is C16H12N2O. The molecular weight excluding hydrogens is 236 g/mol. The van der Waals surface area contributed by atoms with Gasteiger partial charge in [-0.3, -0.25) is 14.6 Å². The summed E-state index contributed by atoms with van der Waals surface area (Å²) in [6, 6.07) is 20.2. The van der Waals surface area contributed by atoms with Crippen LogP contribution in [0.2, 0.25) is 0 Å². The van der Waals surface area contributed by atoms with Gasteiger partial charge in [-0.1, -0.05) is 54.6 Å². The van der Waals surface area contributed by atoms with Crippen LogP contribution in [0.4, 0.5) is 0 Å². The Morgan fingerprint density at radius 3 is 2.53 bits per heavy atom. The second kappa shape index (κ2) is 3.72. The van der Waals surface area contributed by atoms with Gasteiger partial charge in [0.1, 0.15) is 6.04 Å². The summed E-state index contributed by atoms with van der Waals surface area (Å²) < 4.78 is 1.96. The summed E-state index contributed by atoms with van der Waals surface area (Å²) in [5.41, 5.74) is 4.47. The van der Waals surface area contributed by atoms with Crippen molar-refractivity contribution in [1.29, 1.82) is 0 Å². The highest BCUT2D eigenvalue weighted by Gasteiger charge is 2.29. The first kappa shape index (κ1) is 10.4. The van der Waals surface area contributed by atoms with Crippen LogP contribution in [0.3, 0.4) is 0 Å². The summed E-state index contributed by atoms with van der Waals surface area (Å²) in [4.78, 5) is 11.6. The van der Waals surface area contributed by atoms with E-state index in [1.54, 1.807) is 6.07 Å². The molecule has 1 N–H and O–H groups in total. The lowest BCUT2D eigenvalue weighted by molar-refractivity contribution is 0.620. The summed E-state index contributed by atoms with van der Waals surface area (Å²) in [6.07, 6.45) is 0. The van der Waals surface area contributed by atoms with Crippen molar-refractivity contribution in [3.8, 4) is 11.3 Å². The zero-order valence-electron chi connectivity index (χ0n) is 10.2. The van der Waals surface area contributed by atoms with Gasteiger partial charge >= 0.3 is 0 Å². The zero-order chi connectivity index (χ0) is 12.8. The van der Waals surface area contributed by atoms with Gasteiger partial charge in [0.25, 0.3) is 5.56 Å². The molecule has 3 nitrogen and oxygen atoms in total. The van der Waals surface area contributed by atoms with Gasteiger partial charge in [0.2, 0.25) is 0 Å². The summed E-state index contributed by atoms with van der Waals surface area (Å²) in [5.74, 6) is 0. The molecule has 2 aromatic carbocycles. The summed E-state index contributed by atoms with van der Waals surface area (Å²) in [6.45, 7) is 0. The molecule has 0 amide bonds. The largest absolute Gasteiger partial charge is 0.272 e. The Morgan fingerprint density at radius 2 is 1.68 bits per heavy atom. The average molecular weight is 248 g/mol. The maximum absolute atomic E-state index is 11.6. The van der Waals surface area contributed by atoms with E-state index >= 15 is 0 Å². The number of aromatic nitrogens is 2. The van der Waals surface area contributed by atoms with Crippen LogP contribution in [0.5, 0.6) is 0 Å². The molecule has 92 valence electrons. The zero-order valence-corrected chi connectivity index (χ0v) is 10.2. The highest BCUT2D eigenvalue weighted by Crippen LogP contribution is 2.41. The van der Waals surface area contributed by atoms with E-state index in [4.69, 9.17) is 0 Å². The van der Waals surface area contributed by atoms with Crippen molar-refractivity contribution in [2.75, 3.05) is 0 Å². The molecule has 0 saturated heterocycles. The van der Waals surface area contributed by atoms with Gasteiger partial charge in [-0.2, -0.15) is 0 Å². The van der Waals surface area contributed by atoms with Crippen LogP contribution >= 0.6 is 0 Å². The number of benzene rings is 2. The molecule has 0 bridgehead atoms. The number of aromatic amines is 1. The predicted molar refractivity (Wildman–Crippen MR) is 74.2 cm³/mol. The minimum absolute atomic E-state index is 0.0505. The third-order valence-corrected chi connectivity index (χ3v) is 3.66. The Bertz CT molecular complexity index is 799. The number of hydrogen-bond donors (Lipinski definition) is 1. The number of nitrogens with zero attached hydrogens (tertiary/aromatic N) is 1. The van der Waals surface area contributed by atoms with Gasteiger partial charge in [0, 0.05) is 11.6 Å². The SMILES string of the molecule is O=c1cc2n([nH]1)[C@H](c1ccccc1)c1ccccc1-2. The van der Waals surface area contributed by atoms with Crippen LogP contribution in [-0.4, -0.2) is 9.78 Å². The van der Waals surface area contributed by atoms with E-state index in [0.717, 1.165) is 11.3 Å². The van der Waals surface area contributed by atoms with E-state index in [9.17, 15) is 4.79 Å². The van der Waals surface area contributed by atoms with Crippen LogP contribution in [0, 0.1) is 0 Å². The number of fused-ring (bicyclic) bond motifs is 3. The molecule has 1 atom stereocenters. The van der Waals surface area contributed by atoms with Crippen LogP contribution < -0.4 is 5.56 Å². The van der Waals surface area contributed by atoms with Crippen molar-refractivity contribution >= 4 is 0 Å². The summed E-state index contributed by atoms with van der Waals surface area (Å²) >= 11 is 0.